The number of likely N-dealkylation sites (N-methyl/N-ethyl adjacent to an activating group) is 1. The summed E-state index contributed by atoms with van der Waals surface area (Å²) in [4.78, 5) is 15.4. The largest absolute Gasteiger partial charge is 0.363 e. The number of rotatable bonds is 4. The Kier molecular flexibility index (Phi) is 4.83. The highest BCUT2D eigenvalue weighted by Crippen LogP contribution is 2.31. The van der Waals surface area contributed by atoms with Gasteiger partial charge in [0, 0.05) is 37.6 Å². The Morgan fingerprint density at radius 3 is 2.80 bits per heavy atom. The lowest BCUT2D eigenvalue weighted by molar-refractivity contribution is -0.384. The predicted molar refractivity (Wildman–Crippen MR) is 81.6 cm³/mol. The molecule has 1 aromatic carbocycles. The molecule has 1 unspecified atom stereocenters. The third kappa shape index (κ3) is 3.04. The molecule has 1 atom stereocenters. The molecule has 5 nitrogen and oxygen atoms in total. The van der Waals surface area contributed by atoms with E-state index in [2.05, 4.69) is 23.8 Å². The van der Waals surface area contributed by atoms with Crippen LogP contribution in [0.25, 0.3) is 0 Å². The van der Waals surface area contributed by atoms with Crippen molar-refractivity contribution in [1.82, 2.24) is 4.90 Å². The normalized spacial score (nSPS) is 20.1. The molecular weight excluding hydrogens is 278 g/mol. The number of halogens is 1. The van der Waals surface area contributed by atoms with Crippen molar-refractivity contribution in [2.75, 3.05) is 31.6 Å². The first kappa shape index (κ1) is 15.1. The molecule has 1 aliphatic rings. The number of nitro groups is 1. The molecule has 0 amide bonds. The van der Waals surface area contributed by atoms with E-state index in [9.17, 15) is 10.1 Å². The lowest BCUT2D eigenvalue weighted by Crippen LogP contribution is -2.51. The molecule has 1 fully saturated rings. The summed E-state index contributed by atoms with van der Waals surface area (Å²) in [7, 11) is 2.11. The van der Waals surface area contributed by atoms with E-state index < -0.39 is 0 Å². The van der Waals surface area contributed by atoms with E-state index in [0.717, 1.165) is 31.6 Å². The first-order valence-electron chi connectivity index (χ1n) is 6.85. The fraction of sp³-hybridized carbons (Fsp3) is 0.571. The summed E-state index contributed by atoms with van der Waals surface area (Å²) in [5.74, 6) is 0.293. The number of hydrogen-bond donors (Lipinski definition) is 0. The second kappa shape index (κ2) is 6.41. The van der Waals surface area contributed by atoms with E-state index in [1.165, 1.54) is 0 Å². The second-order valence-electron chi connectivity index (χ2n) is 5.20. The lowest BCUT2D eigenvalue weighted by Gasteiger charge is -2.40. The minimum Gasteiger partial charge on any atom is -0.363 e. The van der Waals surface area contributed by atoms with Crippen molar-refractivity contribution in [3.05, 3.63) is 33.9 Å². The van der Waals surface area contributed by atoms with E-state index in [1.54, 1.807) is 6.07 Å². The summed E-state index contributed by atoms with van der Waals surface area (Å²) in [6.07, 6.45) is 1.04. The number of hydrogen-bond acceptors (Lipinski definition) is 4. The van der Waals surface area contributed by atoms with Gasteiger partial charge in [-0.1, -0.05) is 13.0 Å². The molecule has 20 heavy (non-hydrogen) atoms. The minimum atomic E-state index is -0.315. The Morgan fingerprint density at radius 1 is 1.45 bits per heavy atom. The smallest absolute Gasteiger partial charge is 0.292 e. The molecule has 1 heterocycles. The zero-order valence-electron chi connectivity index (χ0n) is 11.9. The topological polar surface area (TPSA) is 49.6 Å². The Morgan fingerprint density at radius 2 is 2.20 bits per heavy atom. The first-order valence-corrected chi connectivity index (χ1v) is 7.38. The highest BCUT2D eigenvalue weighted by atomic mass is 35.5. The van der Waals surface area contributed by atoms with Crippen LogP contribution in [0.15, 0.2) is 18.2 Å². The summed E-state index contributed by atoms with van der Waals surface area (Å²) in [5, 5.41) is 11.3. The monoisotopic (exact) mass is 297 g/mol. The molecular formula is C14H20ClN3O2. The fourth-order valence-electron chi connectivity index (χ4n) is 2.67. The Balaban J connectivity index is 2.30. The average Bonchev–Trinajstić information content (AvgIpc) is 2.47. The van der Waals surface area contributed by atoms with Crippen LogP contribution in [0.1, 0.15) is 18.9 Å². The van der Waals surface area contributed by atoms with Crippen LogP contribution in [0.4, 0.5) is 11.4 Å². The Labute approximate surface area is 124 Å². The molecule has 2 rings (SSSR count). The molecule has 0 N–H and O–H groups in total. The number of nitrogens with zero attached hydrogens (tertiary/aromatic N) is 3. The molecule has 0 saturated carbocycles. The van der Waals surface area contributed by atoms with Gasteiger partial charge < -0.3 is 4.90 Å². The third-order valence-corrected chi connectivity index (χ3v) is 4.29. The van der Waals surface area contributed by atoms with Crippen molar-refractivity contribution in [2.24, 2.45) is 0 Å². The van der Waals surface area contributed by atoms with Crippen molar-refractivity contribution in [1.29, 1.82) is 0 Å². The van der Waals surface area contributed by atoms with Crippen molar-refractivity contribution >= 4 is 23.0 Å². The average molecular weight is 298 g/mol. The maximum Gasteiger partial charge on any atom is 0.292 e. The zero-order valence-corrected chi connectivity index (χ0v) is 12.6. The highest BCUT2D eigenvalue weighted by molar-refractivity contribution is 6.17. The van der Waals surface area contributed by atoms with Gasteiger partial charge in [0.25, 0.3) is 5.69 Å². The molecule has 0 aromatic heterocycles. The van der Waals surface area contributed by atoms with E-state index in [0.29, 0.717) is 17.6 Å². The Hall–Kier alpha value is -1.33. The molecule has 1 saturated heterocycles. The van der Waals surface area contributed by atoms with E-state index in [1.807, 2.05) is 12.1 Å². The molecule has 1 aromatic rings. The van der Waals surface area contributed by atoms with E-state index in [4.69, 9.17) is 11.6 Å². The van der Waals surface area contributed by atoms with Crippen molar-refractivity contribution in [3.63, 3.8) is 0 Å². The second-order valence-corrected chi connectivity index (χ2v) is 5.47. The molecule has 1 aliphatic heterocycles. The molecule has 0 radical (unpaired) electrons. The van der Waals surface area contributed by atoms with Crippen molar-refractivity contribution in [3.8, 4) is 0 Å². The molecule has 0 spiro atoms. The van der Waals surface area contributed by atoms with Gasteiger partial charge in [-0.2, -0.15) is 0 Å². The zero-order chi connectivity index (χ0) is 14.7. The van der Waals surface area contributed by atoms with Crippen LogP contribution in [-0.2, 0) is 5.88 Å². The van der Waals surface area contributed by atoms with Crippen molar-refractivity contribution in [2.45, 2.75) is 25.3 Å². The SMILES string of the molecule is CCC1CN(c2ccc(CCl)cc2[N+](=O)[O-])CCN1C. The van der Waals surface area contributed by atoms with Gasteiger partial charge in [0.15, 0.2) is 0 Å². The molecule has 0 aliphatic carbocycles. The molecule has 110 valence electrons. The number of anilines is 1. The van der Waals surface area contributed by atoms with Crippen molar-refractivity contribution < 1.29 is 4.92 Å². The van der Waals surface area contributed by atoms with E-state index >= 15 is 0 Å². The van der Waals surface area contributed by atoms with Gasteiger partial charge in [0.2, 0.25) is 0 Å². The van der Waals surface area contributed by atoms with Gasteiger partial charge in [-0.15, -0.1) is 11.6 Å². The van der Waals surface area contributed by atoms with Crippen LogP contribution in [0.2, 0.25) is 0 Å². The summed E-state index contributed by atoms with van der Waals surface area (Å²) in [6.45, 7) is 4.71. The first-order chi connectivity index (χ1) is 9.56. The summed E-state index contributed by atoms with van der Waals surface area (Å²) in [5.41, 5.74) is 1.64. The van der Waals surface area contributed by atoms with Crippen LogP contribution < -0.4 is 4.90 Å². The number of benzene rings is 1. The lowest BCUT2D eigenvalue weighted by atomic mass is 10.1. The fourth-order valence-corrected chi connectivity index (χ4v) is 2.84. The molecule has 0 bridgehead atoms. The maximum atomic E-state index is 11.3. The van der Waals surface area contributed by atoms with Crippen LogP contribution >= 0.6 is 11.6 Å². The molecule has 6 heteroatoms. The quantitative estimate of drug-likeness (QED) is 0.487. The van der Waals surface area contributed by atoms with Gasteiger partial charge in [0.1, 0.15) is 5.69 Å². The van der Waals surface area contributed by atoms with Crippen LogP contribution in [0.3, 0.4) is 0 Å². The van der Waals surface area contributed by atoms with Crippen LogP contribution in [0, 0.1) is 10.1 Å². The Bertz CT molecular complexity index is 495. The third-order valence-electron chi connectivity index (χ3n) is 3.98. The maximum absolute atomic E-state index is 11.3. The van der Waals surface area contributed by atoms with Gasteiger partial charge in [-0.25, -0.2) is 0 Å². The van der Waals surface area contributed by atoms with Gasteiger partial charge in [-0.3, -0.25) is 15.0 Å². The van der Waals surface area contributed by atoms with Crippen LogP contribution in [0.5, 0.6) is 0 Å². The highest BCUT2D eigenvalue weighted by Gasteiger charge is 2.27. The van der Waals surface area contributed by atoms with Crippen LogP contribution in [-0.4, -0.2) is 42.5 Å². The minimum absolute atomic E-state index is 0.155. The number of piperazine rings is 1. The summed E-state index contributed by atoms with van der Waals surface area (Å²) < 4.78 is 0. The van der Waals surface area contributed by atoms with Gasteiger partial charge in [-0.05, 0) is 25.1 Å². The summed E-state index contributed by atoms with van der Waals surface area (Å²) >= 11 is 5.76. The van der Waals surface area contributed by atoms with E-state index in [-0.39, 0.29) is 10.6 Å². The summed E-state index contributed by atoms with van der Waals surface area (Å²) in [6, 6.07) is 5.72. The van der Waals surface area contributed by atoms with Gasteiger partial charge >= 0.3 is 0 Å². The standard InChI is InChI=1S/C14H20ClN3O2/c1-3-12-10-17(7-6-16(12)2)13-5-4-11(9-15)8-14(13)18(19)20/h4-5,8,12H,3,6-7,9-10H2,1-2H3. The van der Waals surface area contributed by atoms with Gasteiger partial charge in [0.05, 0.1) is 4.92 Å². The predicted octanol–water partition coefficient (Wildman–Crippen LogP) is 2.86. The number of alkyl halides is 1. The number of nitro benzene ring substituents is 1.